The lowest BCUT2D eigenvalue weighted by atomic mass is 9.86. The molecule has 0 heterocycles. The fourth-order valence-corrected chi connectivity index (χ4v) is 2.94. The first-order chi connectivity index (χ1) is 9.69. The highest BCUT2D eigenvalue weighted by atomic mass is 32.1. The van der Waals surface area contributed by atoms with Gasteiger partial charge in [0.1, 0.15) is 5.75 Å². The molecule has 110 valence electrons. The average Bonchev–Trinajstić information content (AvgIpc) is 2.44. The fourth-order valence-electron chi connectivity index (χ4n) is 2.67. The number of nitrogens with one attached hydrogen (secondary N) is 2. The lowest BCUT2D eigenvalue weighted by Gasteiger charge is -2.30. The van der Waals surface area contributed by atoms with Crippen LogP contribution in [0.1, 0.15) is 39.5 Å². The summed E-state index contributed by atoms with van der Waals surface area (Å²) in [7, 11) is 0. The highest BCUT2D eigenvalue weighted by Gasteiger charge is 2.21. The maximum atomic E-state index is 5.43. The van der Waals surface area contributed by atoms with Crippen LogP contribution in [0.25, 0.3) is 0 Å². The maximum Gasteiger partial charge on any atom is 0.171 e. The first-order valence-corrected chi connectivity index (χ1v) is 7.90. The minimum atomic E-state index is 0.506. The predicted octanol–water partition coefficient (Wildman–Crippen LogP) is 3.95. The van der Waals surface area contributed by atoms with Gasteiger partial charge in [0.05, 0.1) is 6.61 Å². The third-order valence-corrected chi connectivity index (χ3v) is 4.07. The lowest BCUT2D eigenvalue weighted by Crippen LogP contribution is -2.43. The van der Waals surface area contributed by atoms with Crippen LogP contribution < -0.4 is 15.4 Å². The minimum absolute atomic E-state index is 0.506. The molecule has 0 amide bonds. The van der Waals surface area contributed by atoms with Gasteiger partial charge in [-0.05, 0) is 62.2 Å². The van der Waals surface area contributed by atoms with Crippen molar-refractivity contribution < 1.29 is 4.74 Å². The van der Waals surface area contributed by atoms with Crippen LogP contribution in [0.2, 0.25) is 0 Å². The molecule has 1 fully saturated rings. The van der Waals surface area contributed by atoms with Gasteiger partial charge in [-0.25, -0.2) is 0 Å². The van der Waals surface area contributed by atoms with Crippen molar-refractivity contribution in [3.05, 3.63) is 24.3 Å². The molecule has 1 saturated carbocycles. The van der Waals surface area contributed by atoms with Gasteiger partial charge >= 0.3 is 0 Å². The van der Waals surface area contributed by atoms with Crippen molar-refractivity contribution in [3.8, 4) is 5.75 Å². The normalized spacial score (nSPS) is 22.1. The number of hydrogen-bond acceptors (Lipinski definition) is 2. The van der Waals surface area contributed by atoms with Crippen molar-refractivity contribution >= 4 is 23.0 Å². The van der Waals surface area contributed by atoms with Crippen LogP contribution in [0.3, 0.4) is 0 Å². The van der Waals surface area contributed by atoms with E-state index in [-0.39, 0.29) is 0 Å². The Morgan fingerprint density at radius 1 is 1.25 bits per heavy atom. The second kappa shape index (κ2) is 7.48. The quantitative estimate of drug-likeness (QED) is 0.823. The zero-order valence-corrected chi connectivity index (χ0v) is 13.1. The van der Waals surface area contributed by atoms with Crippen LogP contribution in [0.4, 0.5) is 5.69 Å². The van der Waals surface area contributed by atoms with Crippen LogP contribution in [0, 0.1) is 5.92 Å². The molecule has 0 aliphatic heterocycles. The van der Waals surface area contributed by atoms with Crippen LogP contribution in [0.15, 0.2) is 24.3 Å². The summed E-state index contributed by atoms with van der Waals surface area (Å²) in [5.41, 5.74) is 0.995. The van der Waals surface area contributed by atoms with Gasteiger partial charge in [-0.3, -0.25) is 0 Å². The van der Waals surface area contributed by atoms with Crippen molar-refractivity contribution in [1.82, 2.24) is 5.32 Å². The fraction of sp³-hybridized carbons (Fsp3) is 0.562. The van der Waals surface area contributed by atoms with Crippen molar-refractivity contribution in [1.29, 1.82) is 0 Å². The van der Waals surface area contributed by atoms with E-state index in [2.05, 4.69) is 17.6 Å². The largest absolute Gasteiger partial charge is 0.494 e. The summed E-state index contributed by atoms with van der Waals surface area (Å²) in [5.74, 6) is 1.58. The van der Waals surface area contributed by atoms with Gasteiger partial charge < -0.3 is 15.4 Å². The summed E-state index contributed by atoms with van der Waals surface area (Å²) in [6, 6.07) is 8.40. The third-order valence-electron chi connectivity index (χ3n) is 3.85. The molecule has 0 radical (unpaired) electrons. The van der Waals surface area contributed by atoms with E-state index in [4.69, 9.17) is 17.0 Å². The highest BCUT2D eigenvalue weighted by molar-refractivity contribution is 7.80. The second-order valence-corrected chi connectivity index (χ2v) is 5.83. The van der Waals surface area contributed by atoms with Gasteiger partial charge in [-0.2, -0.15) is 0 Å². The van der Waals surface area contributed by atoms with E-state index < -0.39 is 0 Å². The van der Waals surface area contributed by atoms with Crippen molar-refractivity contribution in [2.75, 3.05) is 11.9 Å². The van der Waals surface area contributed by atoms with Crippen molar-refractivity contribution in [3.63, 3.8) is 0 Å². The monoisotopic (exact) mass is 292 g/mol. The Kier molecular flexibility index (Phi) is 5.65. The smallest absolute Gasteiger partial charge is 0.171 e. The van der Waals surface area contributed by atoms with Gasteiger partial charge in [0.15, 0.2) is 5.11 Å². The Hall–Kier alpha value is -1.29. The molecule has 1 aliphatic carbocycles. The van der Waals surface area contributed by atoms with Crippen LogP contribution in [-0.2, 0) is 0 Å². The van der Waals surface area contributed by atoms with Gasteiger partial charge in [0, 0.05) is 11.7 Å². The van der Waals surface area contributed by atoms with Crippen molar-refractivity contribution in [2.24, 2.45) is 5.92 Å². The number of hydrogen-bond donors (Lipinski definition) is 2. The zero-order valence-electron chi connectivity index (χ0n) is 12.3. The topological polar surface area (TPSA) is 33.3 Å². The molecule has 0 unspecified atom stereocenters. The molecule has 2 N–H and O–H groups in total. The Bertz CT molecular complexity index is 433. The summed E-state index contributed by atoms with van der Waals surface area (Å²) >= 11 is 5.40. The predicted molar refractivity (Wildman–Crippen MR) is 88.4 cm³/mol. The van der Waals surface area contributed by atoms with E-state index in [1.807, 2.05) is 31.2 Å². The average molecular weight is 292 g/mol. The molecule has 1 aliphatic rings. The number of ether oxygens (including phenoxy) is 1. The number of thiocarbonyl (C=S) groups is 1. The SMILES string of the molecule is CCOc1ccc(NC(=S)N[C@H]2CCCC[C@H]2C)cc1. The second-order valence-electron chi connectivity index (χ2n) is 5.42. The van der Waals surface area contributed by atoms with E-state index >= 15 is 0 Å². The zero-order chi connectivity index (χ0) is 14.4. The van der Waals surface area contributed by atoms with E-state index in [1.165, 1.54) is 25.7 Å². The number of anilines is 1. The molecule has 1 aromatic carbocycles. The molecule has 0 aromatic heterocycles. The van der Waals surface area contributed by atoms with E-state index in [0.717, 1.165) is 11.4 Å². The number of benzene rings is 1. The Labute approximate surface area is 127 Å². The van der Waals surface area contributed by atoms with Crippen LogP contribution in [-0.4, -0.2) is 17.8 Å². The van der Waals surface area contributed by atoms with E-state index in [9.17, 15) is 0 Å². The van der Waals surface area contributed by atoms with Gasteiger partial charge in [0.25, 0.3) is 0 Å². The molecule has 3 nitrogen and oxygen atoms in total. The van der Waals surface area contributed by atoms with Crippen LogP contribution in [0.5, 0.6) is 5.75 Å². The van der Waals surface area contributed by atoms with Gasteiger partial charge in [-0.15, -0.1) is 0 Å². The summed E-state index contributed by atoms with van der Waals surface area (Å²) < 4.78 is 5.43. The summed E-state index contributed by atoms with van der Waals surface area (Å²) in [6.45, 7) is 4.97. The molecule has 20 heavy (non-hydrogen) atoms. The highest BCUT2D eigenvalue weighted by Crippen LogP contribution is 2.24. The first kappa shape index (κ1) is 15.1. The summed E-state index contributed by atoms with van der Waals surface area (Å²) in [4.78, 5) is 0. The molecule has 1 aromatic rings. The molecule has 2 rings (SSSR count). The molecular weight excluding hydrogens is 268 g/mol. The summed E-state index contributed by atoms with van der Waals surface area (Å²) in [6.07, 6.45) is 5.15. The summed E-state index contributed by atoms with van der Waals surface area (Å²) in [5, 5.41) is 7.41. The molecule has 4 heteroatoms. The van der Waals surface area contributed by atoms with E-state index in [0.29, 0.717) is 23.7 Å². The maximum absolute atomic E-state index is 5.43. The Balaban J connectivity index is 1.84. The van der Waals surface area contributed by atoms with Gasteiger partial charge in [-0.1, -0.05) is 19.8 Å². The van der Waals surface area contributed by atoms with Crippen LogP contribution >= 0.6 is 12.2 Å². The first-order valence-electron chi connectivity index (χ1n) is 7.49. The molecule has 2 atom stereocenters. The minimum Gasteiger partial charge on any atom is -0.494 e. The molecular formula is C16H24N2OS. The Morgan fingerprint density at radius 3 is 2.60 bits per heavy atom. The van der Waals surface area contributed by atoms with Gasteiger partial charge in [0.2, 0.25) is 0 Å². The molecule has 0 spiro atoms. The Morgan fingerprint density at radius 2 is 1.95 bits per heavy atom. The lowest BCUT2D eigenvalue weighted by molar-refractivity contribution is 0.309. The van der Waals surface area contributed by atoms with E-state index in [1.54, 1.807) is 0 Å². The molecule has 0 saturated heterocycles. The molecule has 0 bridgehead atoms. The standard InChI is InChI=1S/C16H24N2OS/c1-3-19-14-10-8-13(9-11-14)17-16(20)18-15-7-5-4-6-12(15)2/h8-12,15H,3-7H2,1-2H3,(H2,17,18,20)/t12-,15+/m1/s1. The number of rotatable bonds is 4. The third kappa shape index (κ3) is 4.37. The van der Waals surface area contributed by atoms with Crippen molar-refractivity contribution in [2.45, 2.75) is 45.6 Å².